The second-order valence-corrected chi connectivity index (χ2v) is 5.49. The Kier molecular flexibility index (Phi) is 6.21. The highest BCUT2D eigenvalue weighted by molar-refractivity contribution is 6.31. The standard InChI is InChI=1S/C19H15ClFNO4/c1-3-9-25-14-7-8-17(20)16(11-14)19(12-22,18(23)24-2)26-15-6-4-5-13(21)10-15/h3-8,10-11H,1,9H2,2H3. The molecule has 0 spiro atoms. The SMILES string of the molecule is C=CCOc1ccc(Cl)c(C(C#N)(Oc2cccc(F)c2)C(=O)OC)c1. The van der Waals surface area contributed by atoms with Crippen LogP contribution in [0.1, 0.15) is 5.56 Å². The summed E-state index contributed by atoms with van der Waals surface area (Å²) in [6.45, 7) is 3.76. The molecule has 0 amide bonds. The molecule has 26 heavy (non-hydrogen) atoms. The molecule has 0 radical (unpaired) electrons. The molecule has 1 unspecified atom stereocenters. The average molecular weight is 376 g/mol. The maximum absolute atomic E-state index is 13.5. The molecule has 0 saturated carbocycles. The zero-order chi connectivity index (χ0) is 19.2. The van der Waals surface area contributed by atoms with E-state index in [9.17, 15) is 14.4 Å². The molecule has 5 nitrogen and oxygen atoms in total. The molecule has 0 aliphatic carbocycles. The van der Waals surface area contributed by atoms with Crippen LogP contribution < -0.4 is 9.47 Å². The Bertz CT molecular complexity index is 865. The van der Waals surface area contributed by atoms with Crippen LogP contribution in [0.4, 0.5) is 4.39 Å². The summed E-state index contributed by atoms with van der Waals surface area (Å²) in [6, 6.07) is 11.3. The molecule has 0 N–H and O–H groups in total. The van der Waals surface area contributed by atoms with Gasteiger partial charge in [0, 0.05) is 16.7 Å². The van der Waals surface area contributed by atoms with E-state index < -0.39 is 17.4 Å². The minimum Gasteiger partial charge on any atom is -0.490 e. The molecule has 2 rings (SSSR count). The largest absolute Gasteiger partial charge is 0.490 e. The summed E-state index contributed by atoms with van der Waals surface area (Å²) in [5.41, 5.74) is -2.23. The van der Waals surface area contributed by atoms with E-state index in [0.717, 1.165) is 13.2 Å². The predicted octanol–water partition coefficient (Wildman–Crippen LogP) is 4.01. The van der Waals surface area contributed by atoms with Gasteiger partial charge in [0.05, 0.1) is 7.11 Å². The molecule has 2 aromatic carbocycles. The molecule has 0 aliphatic rings. The molecule has 0 aliphatic heterocycles. The van der Waals surface area contributed by atoms with Crippen molar-refractivity contribution in [3.05, 3.63) is 71.5 Å². The molecule has 0 heterocycles. The predicted molar refractivity (Wildman–Crippen MR) is 93.5 cm³/mol. The van der Waals surface area contributed by atoms with E-state index in [1.54, 1.807) is 12.1 Å². The Morgan fingerprint density at radius 2 is 2.12 bits per heavy atom. The van der Waals surface area contributed by atoms with Crippen LogP contribution in [-0.4, -0.2) is 19.7 Å². The molecule has 1 atom stereocenters. The van der Waals surface area contributed by atoms with Gasteiger partial charge in [0.1, 0.15) is 30.0 Å². The van der Waals surface area contributed by atoms with E-state index >= 15 is 0 Å². The highest BCUT2D eigenvalue weighted by Crippen LogP contribution is 2.36. The Balaban J connectivity index is 2.59. The quantitative estimate of drug-likeness (QED) is 0.540. The van der Waals surface area contributed by atoms with E-state index in [4.69, 9.17) is 25.8 Å². The number of ether oxygens (including phenoxy) is 3. The van der Waals surface area contributed by atoms with Crippen molar-refractivity contribution in [3.8, 4) is 17.6 Å². The Morgan fingerprint density at radius 3 is 2.73 bits per heavy atom. The van der Waals surface area contributed by atoms with Crippen LogP contribution in [0.2, 0.25) is 5.02 Å². The van der Waals surface area contributed by atoms with E-state index in [-0.39, 0.29) is 22.9 Å². The average Bonchev–Trinajstić information content (AvgIpc) is 2.65. The van der Waals surface area contributed by atoms with E-state index in [0.29, 0.717) is 5.75 Å². The lowest BCUT2D eigenvalue weighted by molar-refractivity contribution is -0.155. The molecule has 0 aromatic heterocycles. The number of carbonyl (C=O) groups excluding carboxylic acids is 1. The van der Waals surface area contributed by atoms with Crippen LogP contribution in [0.3, 0.4) is 0 Å². The van der Waals surface area contributed by atoms with Crippen LogP contribution in [0.15, 0.2) is 55.1 Å². The van der Waals surface area contributed by atoms with Crippen molar-refractivity contribution in [2.24, 2.45) is 0 Å². The summed E-state index contributed by atoms with van der Waals surface area (Å²) in [4.78, 5) is 12.5. The summed E-state index contributed by atoms with van der Waals surface area (Å²) in [6.07, 6.45) is 1.54. The van der Waals surface area contributed by atoms with Gasteiger partial charge in [-0.25, -0.2) is 9.18 Å². The van der Waals surface area contributed by atoms with E-state index in [1.807, 2.05) is 0 Å². The maximum Gasteiger partial charge on any atom is 0.370 e. The number of methoxy groups -OCH3 is 1. The van der Waals surface area contributed by atoms with Gasteiger partial charge in [-0.1, -0.05) is 30.3 Å². The van der Waals surface area contributed by atoms with Gasteiger partial charge in [0.2, 0.25) is 0 Å². The first-order valence-electron chi connectivity index (χ1n) is 7.45. The minimum atomic E-state index is -2.24. The van der Waals surface area contributed by atoms with Gasteiger partial charge in [-0.05, 0) is 30.3 Å². The van der Waals surface area contributed by atoms with E-state index in [2.05, 4.69) is 6.58 Å². The molecular weight excluding hydrogens is 361 g/mol. The Hall–Kier alpha value is -3.04. The highest BCUT2D eigenvalue weighted by Gasteiger charge is 2.47. The van der Waals surface area contributed by atoms with Crippen molar-refractivity contribution in [2.45, 2.75) is 5.60 Å². The molecule has 2 aromatic rings. The van der Waals surface area contributed by atoms with Crippen molar-refractivity contribution in [1.82, 2.24) is 0 Å². The summed E-state index contributed by atoms with van der Waals surface area (Å²) in [5.74, 6) is -1.29. The van der Waals surface area contributed by atoms with Gasteiger partial charge in [0.25, 0.3) is 0 Å². The van der Waals surface area contributed by atoms with Gasteiger partial charge in [0.15, 0.2) is 0 Å². The van der Waals surface area contributed by atoms with Gasteiger partial charge >= 0.3 is 11.6 Å². The number of hydrogen-bond donors (Lipinski definition) is 0. The fraction of sp³-hybridized carbons (Fsp3) is 0.158. The number of esters is 1. The van der Waals surface area contributed by atoms with Crippen LogP contribution in [0.25, 0.3) is 0 Å². The lowest BCUT2D eigenvalue weighted by atomic mass is 9.94. The third-order valence-corrected chi connectivity index (χ3v) is 3.71. The van der Waals surface area contributed by atoms with Crippen molar-refractivity contribution < 1.29 is 23.4 Å². The van der Waals surface area contributed by atoms with Crippen molar-refractivity contribution >= 4 is 17.6 Å². The fourth-order valence-corrected chi connectivity index (χ4v) is 2.46. The number of benzene rings is 2. The van der Waals surface area contributed by atoms with Crippen molar-refractivity contribution in [3.63, 3.8) is 0 Å². The second kappa shape index (κ2) is 8.37. The number of nitrogens with zero attached hydrogens (tertiary/aromatic N) is 1. The van der Waals surface area contributed by atoms with Gasteiger partial charge in [-0.15, -0.1) is 0 Å². The van der Waals surface area contributed by atoms with Crippen LogP contribution in [-0.2, 0) is 15.1 Å². The number of nitriles is 1. The summed E-state index contributed by atoms with van der Waals surface area (Å²) in [7, 11) is 1.11. The number of carbonyl (C=O) groups is 1. The molecule has 0 fully saturated rings. The van der Waals surface area contributed by atoms with Crippen LogP contribution >= 0.6 is 11.6 Å². The Labute approximate surface area is 155 Å². The third kappa shape index (κ3) is 3.95. The first-order chi connectivity index (χ1) is 12.5. The summed E-state index contributed by atoms with van der Waals surface area (Å²) < 4.78 is 29.2. The fourth-order valence-electron chi connectivity index (χ4n) is 2.21. The van der Waals surface area contributed by atoms with Crippen LogP contribution in [0, 0.1) is 17.1 Å². The normalized spacial score (nSPS) is 12.4. The molecule has 0 bridgehead atoms. The van der Waals surface area contributed by atoms with Crippen LogP contribution in [0.5, 0.6) is 11.5 Å². The van der Waals surface area contributed by atoms with Gasteiger partial charge < -0.3 is 14.2 Å². The van der Waals surface area contributed by atoms with Crippen molar-refractivity contribution in [2.75, 3.05) is 13.7 Å². The molecule has 134 valence electrons. The first kappa shape index (κ1) is 19.3. The lowest BCUT2D eigenvalue weighted by Crippen LogP contribution is -2.41. The molecule has 0 saturated heterocycles. The summed E-state index contributed by atoms with van der Waals surface area (Å²) in [5, 5.41) is 9.85. The number of rotatable bonds is 7. The number of halogens is 2. The van der Waals surface area contributed by atoms with Crippen molar-refractivity contribution in [1.29, 1.82) is 5.26 Å². The number of hydrogen-bond acceptors (Lipinski definition) is 5. The smallest absolute Gasteiger partial charge is 0.370 e. The molecular formula is C19H15ClFNO4. The first-order valence-corrected chi connectivity index (χ1v) is 7.82. The maximum atomic E-state index is 13.5. The molecule has 7 heteroatoms. The van der Waals surface area contributed by atoms with E-state index in [1.165, 1.54) is 36.4 Å². The Morgan fingerprint density at radius 1 is 1.35 bits per heavy atom. The topological polar surface area (TPSA) is 68.5 Å². The third-order valence-electron chi connectivity index (χ3n) is 3.38. The highest BCUT2D eigenvalue weighted by atomic mass is 35.5. The van der Waals surface area contributed by atoms with Gasteiger partial charge in [-0.3, -0.25) is 0 Å². The monoisotopic (exact) mass is 375 g/mol. The van der Waals surface area contributed by atoms with Gasteiger partial charge in [-0.2, -0.15) is 5.26 Å². The zero-order valence-electron chi connectivity index (χ0n) is 13.9. The zero-order valence-corrected chi connectivity index (χ0v) is 14.6. The second-order valence-electron chi connectivity index (χ2n) is 5.09. The minimum absolute atomic E-state index is 0.0133. The summed E-state index contributed by atoms with van der Waals surface area (Å²) >= 11 is 6.20. The lowest BCUT2D eigenvalue weighted by Gasteiger charge is -2.26.